The molecule has 29 heavy (non-hydrogen) atoms. The predicted octanol–water partition coefficient (Wildman–Crippen LogP) is 4.32. The molecule has 0 saturated carbocycles. The maximum atomic E-state index is 13.0. The first-order valence-electron chi connectivity index (χ1n) is 9.30. The Morgan fingerprint density at radius 3 is 2.55 bits per heavy atom. The number of carboxylic acids is 1. The van der Waals surface area contributed by atoms with Crippen molar-refractivity contribution in [3.8, 4) is 11.5 Å². The zero-order chi connectivity index (χ0) is 20.5. The third-order valence-electron chi connectivity index (χ3n) is 5.28. The minimum Gasteiger partial charge on any atom is -0.507 e. The van der Waals surface area contributed by atoms with Crippen molar-refractivity contribution in [3.05, 3.63) is 65.7 Å². The molecule has 148 valence electrons. The Morgan fingerprint density at radius 1 is 1.00 bits per heavy atom. The van der Waals surface area contributed by atoms with E-state index in [1.807, 2.05) is 42.5 Å². The van der Waals surface area contributed by atoms with Gasteiger partial charge in [-0.1, -0.05) is 36.4 Å². The van der Waals surface area contributed by atoms with Gasteiger partial charge in [-0.25, -0.2) is 9.59 Å². The summed E-state index contributed by atoms with van der Waals surface area (Å²) in [5.74, 6) is -2.04. The molecule has 1 heterocycles. The van der Waals surface area contributed by atoms with Crippen LogP contribution in [-0.4, -0.2) is 38.8 Å². The summed E-state index contributed by atoms with van der Waals surface area (Å²) in [4.78, 5) is 25.9. The highest BCUT2D eigenvalue weighted by molar-refractivity contribution is 6.01. The number of rotatable bonds is 3. The number of phenols is 2. The lowest BCUT2D eigenvalue weighted by Gasteiger charge is -2.26. The summed E-state index contributed by atoms with van der Waals surface area (Å²) >= 11 is 0. The second-order valence-corrected chi connectivity index (χ2v) is 7.04. The number of carboxylic acid groups (broad SMARTS) is 1. The molecule has 3 aromatic rings. The van der Waals surface area contributed by atoms with Gasteiger partial charge in [-0.3, -0.25) is 0 Å². The number of carbonyl (C=O) groups is 2. The number of aromatic carboxylic acids is 1. The Labute approximate surface area is 166 Å². The van der Waals surface area contributed by atoms with Crippen molar-refractivity contribution in [1.29, 1.82) is 0 Å². The molecule has 1 fully saturated rings. The first kappa shape index (κ1) is 18.6. The van der Waals surface area contributed by atoms with Crippen LogP contribution in [0.25, 0.3) is 10.8 Å². The van der Waals surface area contributed by atoms with Crippen LogP contribution >= 0.6 is 0 Å². The SMILES string of the molecule is O=C(O)c1cc(C2CCCN2C(=O)Nc2cccc3ccccc23)c(O)cc1O. The highest BCUT2D eigenvalue weighted by Crippen LogP contribution is 2.40. The maximum absolute atomic E-state index is 13.0. The Bertz CT molecular complexity index is 1110. The largest absolute Gasteiger partial charge is 0.507 e. The number of phenolic OH excluding ortho intramolecular Hbond substituents is 1. The van der Waals surface area contributed by atoms with Gasteiger partial charge in [0.15, 0.2) is 0 Å². The molecule has 1 aliphatic rings. The number of fused-ring (bicyclic) bond motifs is 1. The number of amides is 2. The Balaban J connectivity index is 1.64. The monoisotopic (exact) mass is 392 g/mol. The number of nitrogens with one attached hydrogen (secondary N) is 1. The zero-order valence-corrected chi connectivity index (χ0v) is 15.5. The fourth-order valence-corrected chi connectivity index (χ4v) is 3.89. The van der Waals surface area contributed by atoms with E-state index >= 15 is 0 Å². The fourth-order valence-electron chi connectivity index (χ4n) is 3.89. The zero-order valence-electron chi connectivity index (χ0n) is 15.5. The molecule has 0 bridgehead atoms. The third-order valence-corrected chi connectivity index (χ3v) is 5.28. The van der Waals surface area contributed by atoms with Crippen molar-refractivity contribution in [1.82, 2.24) is 4.90 Å². The van der Waals surface area contributed by atoms with Gasteiger partial charge in [0, 0.05) is 23.6 Å². The molecule has 3 aromatic carbocycles. The summed E-state index contributed by atoms with van der Waals surface area (Å²) in [6.45, 7) is 0.476. The first-order chi connectivity index (χ1) is 14.0. The lowest BCUT2D eigenvalue weighted by Crippen LogP contribution is -2.34. The fraction of sp³-hybridized carbons (Fsp3) is 0.182. The molecule has 1 saturated heterocycles. The Hall–Kier alpha value is -3.74. The van der Waals surface area contributed by atoms with Crippen molar-refractivity contribution in [2.24, 2.45) is 0 Å². The van der Waals surface area contributed by atoms with Crippen LogP contribution in [0, 0.1) is 0 Å². The number of benzene rings is 3. The van der Waals surface area contributed by atoms with Gasteiger partial charge in [0.2, 0.25) is 0 Å². The molecule has 4 N–H and O–H groups in total. The van der Waals surface area contributed by atoms with Crippen LogP contribution in [0.5, 0.6) is 11.5 Å². The average molecular weight is 392 g/mol. The van der Waals surface area contributed by atoms with Crippen molar-refractivity contribution in [3.63, 3.8) is 0 Å². The van der Waals surface area contributed by atoms with Gasteiger partial charge in [0.05, 0.1) is 11.7 Å². The van der Waals surface area contributed by atoms with E-state index in [4.69, 9.17) is 0 Å². The van der Waals surface area contributed by atoms with E-state index in [1.165, 1.54) is 6.07 Å². The number of anilines is 1. The molecule has 0 spiro atoms. The predicted molar refractivity (Wildman–Crippen MR) is 108 cm³/mol. The lowest BCUT2D eigenvalue weighted by atomic mass is 10.00. The van der Waals surface area contributed by atoms with E-state index in [2.05, 4.69) is 5.32 Å². The van der Waals surface area contributed by atoms with Gasteiger partial charge in [-0.15, -0.1) is 0 Å². The highest BCUT2D eigenvalue weighted by atomic mass is 16.4. The van der Waals surface area contributed by atoms with Gasteiger partial charge in [0.1, 0.15) is 17.1 Å². The Kier molecular flexibility index (Phi) is 4.72. The van der Waals surface area contributed by atoms with Crippen LogP contribution in [0.2, 0.25) is 0 Å². The van der Waals surface area contributed by atoms with Crippen LogP contribution < -0.4 is 5.32 Å². The standard InChI is InChI=1S/C22H20N2O5/c25-19-12-20(26)16(21(27)28)11-15(19)18-9-4-10-24(18)22(29)23-17-8-3-6-13-5-1-2-7-14(13)17/h1-3,5-8,11-12,18,25-26H,4,9-10H2,(H,23,29)(H,27,28). The van der Waals surface area contributed by atoms with Gasteiger partial charge < -0.3 is 25.5 Å². The molecule has 0 aliphatic carbocycles. The molecule has 1 unspecified atom stereocenters. The minimum absolute atomic E-state index is 0.234. The van der Waals surface area contributed by atoms with Crippen LogP contribution in [0.3, 0.4) is 0 Å². The number of carbonyl (C=O) groups excluding carboxylic acids is 1. The quantitative estimate of drug-likeness (QED) is 0.531. The number of aromatic hydroxyl groups is 2. The van der Waals surface area contributed by atoms with Gasteiger partial charge >= 0.3 is 12.0 Å². The first-order valence-corrected chi connectivity index (χ1v) is 9.30. The van der Waals surface area contributed by atoms with Crippen LogP contribution in [-0.2, 0) is 0 Å². The summed E-state index contributed by atoms with van der Waals surface area (Å²) in [5.41, 5.74) is 0.685. The van der Waals surface area contributed by atoms with Gasteiger partial charge in [-0.05, 0) is 30.4 Å². The van der Waals surface area contributed by atoms with E-state index in [9.17, 15) is 24.9 Å². The number of likely N-dealkylation sites (tertiary alicyclic amines) is 1. The molecule has 7 nitrogen and oxygen atoms in total. The Morgan fingerprint density at radius 2 is 1.76 bits per heavy atom. The molecule has 0 aromatic heterocycles. The van der Waals surface area contributed by atoms with Crippen molar-refractivity contribution >= 4 is 28.5 Å². The average Bonchev–Trinajstić information content (AvgIpc) is 3.18. The molecule has 1 atom stereocenters. The van der Waals surface area contributed by atoms with Crippen LogP contribution in [0.15, 0.2) is 54.6 Å². The summed E-state index contributed by atoms with van der Waals surface area (Å²) in [6.07, 6.45) is 1.30. The number of hydrogen-bond acceptors (Lipinski definition) is 4. The normalized spacial score (nSPS) is 16.1. The molecule has 7 heteroatoms. The van der Waals surface area contributed by atoms with Crippen molar-refractivity contribution < 1.29 is 24.9 Å². The highest BCUT2D eigenvalue weighted by Gasteiger charge is 2.33. The van der Waals surface area contributed by atoms with Crippen molar-refractivity contribution in [2.75, 3.05) is 11.9 Å². The molecular formula is C22H20N2O5. The summed E-state index contributed by atoms with van der Waals surface area (Å²) in [7, 11) is 0. The van der Waals surface area contributed by atoms with E-state index in [-0.39, 0.29) is 17.3 Å². The van der Waals surface area contributed by atoms with E-state index in [1.54, 1.807) is 4.90 Å². The molecule has 4 rings (SSSR count). The third kappa shape index (κ3) is 3.42. The van der Waals surface area contributed by atoms with Gasteiger partial charge in [-0.2, -0.15) is 0 Å². The van der Waals surface area contributed by atoms with Crippen LogP contribution in [0.4, 0.5) is 10.5 Å². The second kappa shape index (κ2) is 7.35. The van der Waals surface area contributed by atoms with E-state index in [0.29, 0.717) is 24.2 Å². The topological polar surface area (TPSA) is 110 Å². The summed E-state index contributed by atoms with van der Waals surface area (Å²) < 4.78 is 0. The summed E-state index contributed by atoms with van der Waals surface area (Å²) in [5, 5.41) is 34.2. The molecule has 1 aliphatic heterocycles. The van der Waals surface area contributed by atoms with Crippen LogP contribution in [0.1, 0.15) is 34.8 Å². The number of urea groups is 1. The smallest absolute Gasteiger partial charge is 0.339 e. The number of nitrogens with zero attached hydrogens (tertiary/aromatic N) is 1. The number of hydrogen-bond donors (Lipinski definition) is 4. The second-order valence-electron chi connectivity index (χ2n) is 7.04. The van der Waals surface area contributed by atoms with Gasteiger partial charge in [0.25, 0.3) is 0 Å². The van der Waals surface area contributed by atoms with E-state index < -0.39 is 17.8 Å². The van der Waals surface area contributed by atoms with E-state index in [0.717, 1.165) is 23.3 Å². The minimum atomic E-state index is -1.30. The molecular weight excluding hydrogens is 372 g/mol. The summed E-state index contributed by atoms with van der Waals surface area (Å²) in [6, 6.07) is 14.8. The lowest BCUT2D eigenvalue weighted by molar-refractivity contribution is 0.0693. The maximum Gasteiger partial charge on any atom is 0.339 e. The molecule has 2 amide bonds. The molecule has 0 radical (unpaired) electrons. The van der Waals surface area contributed by atoms with Crippen molar-refractivity contribution in [2.45, 2.75) is 18.9 Å².